The second-order valence-corrected chi connectivity index (χ2v) is 5.57. The Bertz CT molecular complexity index is 566. The topological polar surface area (TPSA) is 81.7 Å². The summed E-state index contributed by atoms with van der Waals surface area (Å²) in [5, 5.41) is 2.87. The minimum absolute atomic E-state index is 0.180. The number of amides is 1. The molecule has 1 aromatic carbocycles. The lowest BCUT2D eigenvalue weighted by Gasteiger charge is -2.17. The molecule has 6 heteroatoms. The zero-order valence-corrected chi connectivity index (χ0v) is 13.1. The van der Waals surface area contributed by atoms with Crippen molar-refractivity contribution in [3.63, 3.8) is 0 Å². The lowest BCUT2D eigenvalue weighted by Crippen LogP contribution is -2.41. The molecule has 1 amide bonds. The number of para-hydroxylation sites is 1. The van der Waals surface area contributed by atoms with Crippen LogP contribution in [0.4, 0.5) is 0 Å². The Morgan fingerprint density at radius 1 is 1.30 bits per heavy atom. The fourth-order valence-electron chi connectivity index (χ4n) is 2.52. The fraction of sp³-hybridized carbons (Fsp3) is 0.471. The van der Waals surface area contributed by atoms with Gasteiger partial charge in [-0.3, -0.25) is 9.59 Å². The molecular weight excluding hydrogens is 298 g/mol. The molecule has 1 aliphatic carbocycles. The maximum atomic E-state index is 11.9. The number of esters is 1. The van der Waals surface area contributed by atoms with Crippen LogP contribution in [0.15, 0.2) is 24.3 Å². The standard InChI is InChI=1S/C17H21NO5/c1-12(17(21)18-14-7-3-4-8-14)23-16(20)11-22-15-9-5-2-6-13(15)10-19/h2,5-6,9-10,12,14H,3-4,7-8,11H2,1H3,(H,18,21)/t12-/m0/s1. The first-order valence-electron chi connectivity index (χ1n) is 7.77. The summed E-state index contributed by atoms with van der Waals surface area (Å²) in [5.41, 5.74) is 0.354. The number of rotatable bonds is 7. The predicted octanol–water partition coefficient (Wildman–Crippen LogP) is 1.87. The van der Waals surface area contributed by atoms with E-state index < -0.39 is 12.1 Å². The number of nitrogens with one attached hydrogen (secondary N) is 1. The number of carbonyl (C=O) groups excluding carboxylic acids is 3. The van der Waals surface area contributed by atoms with E-state index in [2.05, 4.69) is 5.32 Å². The van der Waals surface area contributed by atoms with Gasteiger partial charge in [0.15, 0.2) is 19.0 Å². The average Bonchev–Trinajstić information content (AvgIpc) is 3.06. The van der Waals surface area contributed by atoms with Gasteiger partial charge in [0.05, 0.1) is 5.56 Å². The number of aldehydes is 1. The van der Waals surface area contributed by atoms with Crippen molar-refractivity contribution in [2.75, 3.05) is 6.61 Å². The lowest BCUT2D eigenvalue weighted by atomic mass is 10.2. The molecule has 0 saturated heterocycles. The van der Waals surface area contributed by atoms with Crippen molar-refractivity contribution in [3.8, 4) is 5.75 Å². The molecule has 1 saturated carbocycles. The van der Waals surface area contributed by atoms with E-state index in [1.807, 2.05) is 0 Å². The second kappa shape index (κ2) is 8.31. The van der Waals surface area contributed by atoms with Crippen LogP contribution in [-0.2, 0) is 14.3 Å². The molecule has 1 N–H and O–H groups in total. The maximum absolute atomic E-state index is 11.9. The van der Waals surface area contributed by atoms with Gasteiger partial charge in [-0.2, -0.15) is 0 Å². The minimum atomic E-state index is -0.868. The molecule has 1 aliphatic rings. The van der Waals surface area contributed by atoms with Crippen molar-refractivity contribution in [2.24, 2.45) is 0 Å². The lowest BCUT2D eigenvalue weighted by molar-refractivity contribution is -0.156. The molecule has 6 nitrogen and oxygen atoms in total. The molecule has 23 heavy (non-hydrogen) atoms. The summed E-state index contributed by atoms with van der Waals surface area (Å²) in [6.45, 7) is 1.17. The Morgan fingerprint density at radius 2 is 2.00 bits per heavy atom. The number of hydrogen-bond donors (Lipinski definition) is 1. The molecule has 0 bridgehead atoms. The summed E-state index contributed by atoms with van der Waals surface area (Å²) in [7, 11) is 0. The zero-order chi connectivity index (χ0) is 16.7. The second-order valence-electron chi connectivity index (χ2n) is 5.57. The predicted molar refractivity (Wildman–Crippen MR) is 83.3 cm³/mol. The van der Waals surface area contributed by atoms with Crippen LogP contribution < -0.4 is 10.1 Å². The van der Waals surface area contributed by atoms with Crippen molar-refractivity contribution in [3.05, 3.63) is 29.8 Å². The summed E-state index contributed by atoms with van der Waals surface area (Å²) in [4.78, 5) is 34.5. The van der Waals surface area contributed by atoms with E-state index >= 15 is 0 Å². The monoisotopic (exact) mass is 319 g/mol. The first-order chi connectivity index (χ1) is 11.1. The van der Waals surface area contributed by atoms with Gasteiger partial charge in [0, 0.05) is 6.04 Å². The quantitative estimate of drug-likeness (QED) is 0.613. The van der Waals surface area contributed by atoms with E-state index in [-0.39, 0.29) is 18.6 Å². The van der Waals surface area contributed by atoms with Crippen LogP contribution in [-0.4, -0.2) is 36.9 Å². The van der Waals surface area contributed by atoms with Gasteiger partial charge in [-0.25, -0.2) is 4.79 Å². The van der Waals surface area contributed by atoms with Gasteiger partial charge in [-0.15, -0.1) is 0 Å². The third-order valence-corrected chi connectivity index (χ3v) is 3.77. The molecule has 0 aromatic heterocycles. The van der Waals surface area contributed by atoms with Crippen LogP contribution in [0.3, 0.4) is 0 Å². The van der Waals surface area contributed by atoms with E-state index in [0.717, 1.165) is 25.7 Å². The highest BCUT2D eigenvalue weighted by Gasteiger charge is 2.23. The highest BCUT2D eigenvalue weighted by atomic mass is 16.6. The highest BCUT2D eigenvalue weighted by molar-refractivity contribution is 5.84. The van der Waals surface area contributed by atoms with Crippen LogP contribution in [0.5, 0.6) is 5.75 Å². The van der Waals surface area contributed by atoms with Crippen molar-refractivity contribution in [1.29, 1.82) is 0 Å². The van der Waals surface area contributed by atoms with Gasteiger partial charge in [-0.05, 0) is 31.9 Å². The minimum Gasteiger partial charge on any atom is -0.481 e. The summed E-state index contributed by atoms with van der Waals surface area (Å²) < 4.78 is 10.3. The number of hydrogen-bond acceptors (Lipinski definition) is 5. The van der Waals surface area contributed by atoms with Gasteiger partial charge in [-0.1, -0.05) is 25.0 Å². The third kappa shape index (κ3) is 5.09. The summed E-state index contributed by atoms with van der Waals surface area (Å²) in [6, 6.07) is 6.76. The molecule has 1 atom stereocenters. The van der Waals surface area contributed by atoms with Gasteiger partial charge in [0.25, 0.3) is 5.91 Å². The van der Waals surface area contributed by atoms with Crippen LogP contribution in [0.25, 0.3) is 0 Å². The molecule has 1 fully saturated rings. The molecule has 2 rings (SSSR count). The first-order valence-corrected chi connectivity index (χ1v) is 7.77. The Labute approximate surface area is 135 Å². The normalized spacial score (nSPS) is 15.7. The molecule has 0 aliphatic heterocycles. The Kier molecular flexibility index (Phi) is 6.14. The van der Waals surface area contributed by atoms with Crippen molar-refractivity contribution >= 4 is 18.2 Å². The maximum Gasteiger partial charge on any atom is 0.344 e. The number of benzene rings is 1. The molecular formula is C17H21NO5. The van der Waals surface area contributed by atoms with Gasteiger partial charge >= 0.3 is 5.97 Å². The fourth-order valence-corrected chi connectivity index (χ4v) is 2.52. The van der Waals surface area contributed by atoms with E-state index in [9.17, 15) is 14.4 Å². The molecule has 1 aromatic rings. The van der Waals surface area contributed by atoms with Crippen LogP contribution in [0.1, 0.15) is 43.0 Å². The first kappa shape index (κ1) is 17.0. The Balaban J connectivity index is 1.77. The third-order valence-electron chi connectivity index (χ3n) is 3.77. The number of carbonyl (C=O) groups is 3. The van der Waals surface area contributed by atoms with E-state index in [4.69, 9.17) is 9.47 Å². The van der Waals surface area contributed by atoms with Crippen molar-refractivity contribution in [1.82, 2.24) is 5.32 Å². The van der Waals surface area contributed by atoms with Crippen LogP contribution in [0, 0.1) is 0 Å². The molecule has 0 radical (unpaired) electrons. The Hall–Kier alpha value is -2.37. The zero-order valence-electron chi connectivity index (χ0n) is 13.1. The van der Waals surface area contributed by atoms with Crippen LogP contribution >= 0.6 is 0 Å². The molecule has 124 valence electrons. The van der Waals surface area contributed by atoms with E-state index in [1.54, 1.807) is 24.3 Å². The Morgan fingerprint density at radius 3 is 2.70 bits per heavy atom. The summed E-state index contributed by atoms with van der Waals surface area (Å²) in [5.74, 6) is -0.638. The van der Waals surface area contributed by atoms with Gasteiger partial charge < -0.3 is 14.8 Å². The smallest absolute Gasteiger partial charge is 0.344 e. The van der Waals surface area contributed by atoms with Crippen LogP contribution in [0.2, 0.25) is 0 Å². The summed E-state index contributed by atoms with van der Waals surface area (Å²) >= 11 is 0. The number of ether oxygens (including phenoxy) is 2. The molecule has 0 spiro atoms. The molecule has 0 unspecified atom stereocenters. The van der Waals surface area contributed by atoms with E-state index in [0.29, 0.717) is 17.6 Å². The van der Waals surface area contributed by atoms with Gasteiger partial charge in [0.2, 0.25) is 0 Å². The summed E-state index contributed by atoms with van der Waals surface area (Å²) in [6.07, 6.45) is 3.95. The largest absolute Gasteiger partial charge is 0.481 e. The van der Waals surface area contributed by atoms with E-state index in [1.165, 1.54) is 6.92 Å². The molecule has 0 heterocycles. The van der Waals surface area contributed by atoms with Crippen molar-refractivity contribution in [2.45, 2.75) is 44.8 Å². The van der Waals surface area contributed by atoms with Crippen molar-refractivity contribution < 1.29 is 23.9 Å². The average molecular weight is 319 g/mol. The highest BCUT2D eigenvalue weighted by Crippen LogP contribution is 2.18. The SMILES string of the molecule is C[C@H](OC(=O)COc1ccccc1C=O)C(=O)NC1CCCC1. The van der Waals surface area contributed by atoms with Gasteiger partial charge in [0.1, 0.15) is 5.75 Å².